The Morgan fingerprint density at radius 3 is 2.59 bits per heavy atom. The van der Waals surface area contributed by atoms with E-state index in [0.29, 0.717) is 23.7 Å². The molecule has 1 aromatic heterocycles. The molecule has 1 aromatic carbocycles. The van der Waals surface area contributed by atoms with Gasteiger partial charge in [0.25, 0.3) is 0 Å². The Balaban J connectivity index is 1.61. The second kappa shape index (κ2) is 8.20. The Bertz CT molecular complexity index is 953. The van der Waals surface area contributed by atoms with Crippen molar-refractivity contribution in [2.45, 2.75) is 65.0 Å². The highest BCUT2D eigenvalue weighted by molar-refractivity contribution is 5.80. The number of hydrogen-bond acceptors (Lipinski definition) is 6. The summed E-state index contributed by atoms with van der Waals surface area (Å²) in [6.07, 6.45) is 3.85. The number of methoxy groups -OCH3 is 1. The van der Waals surface area contributed by atoms with Crippen LogP contribution in [-0.2, 0) is 9.47 Å². The van der Waals surface area contributed by atoms with E-state index in [1.165, 1.54) is 11.6 Å². The van der Waals surface area contributed by atoms with Crippen LogP contribution >= 0.6 is 0 Å². The van der Waals surface area contributed by atoms with Gasteiger partial charge in [-0.05, 0) is 65.7 Å². The van der Waals surface area contributed by atoms with Crippen LogP contribution in [0.5, 0.6) is 11.5 Å². The van der Waals surface area contributed by atoms with Gasteiger partial charge < -0.3 is 23.4 Å². The molecule has 29 heavy (non-hydrogen) atoms. The summed E-state index contributed by atoms with van der Waals surface area (Å²) in [4.78, 5) is 11.5. The Hall–Kier alpha value is -2.31. The van der Waals surface area contributed by atoms with Crippen LogP contribution in [0.2, 0.25) is 0 Å². The summed E-state index contributed by atoms with van der Waals surface area (Å²) < 4.78 is 28.5. The van der Waals surface area contributed by atoms with Crippen LogP contribution in [0, 0.1) is 0 Å². The highest BCUT2D eigenvalue weighted by Crippen LogP contribution is 2.38. The zero-order valence-corrected chi connectivity index (χ0v) is 18.0. The molecule has 0 saturated carbocycles. The Morgan fingerprint density at radius 1 is 1.17 bits per heavy atom. The van der Waals surface area contributed by atoms with Gasteiger partial charge in [0.15, 0.2) is 17.3 Å². The van der Waals surface area contributed by atoms with Crippen molar-refractivity contribution in [3.05, 3.63) is 46.3 Å². The lowest BCUT2D eigenvalue weighted by Crippen LogP contribution is -2.33. The number of hydrogen-bond donors (Lipinski definition) is 0. The van der Waals surface area contributed by atoms with E-state index in [4.69, 9.17) is 23.4 Å². The second-order valence-corrected chi connectivity index (χ2v) is 8.41. The summed E-state index contributed by atoms with van der Waals surface area (Å²) in [5.74, 6) is 0.586. The van der Waals surface area contributed by atoms with Crippen LogP contribution in [0.15, 0.2) is 45.1 Å². The number of rotatable bonds is 7. The summed E-state index contributed by atoms with van der Waals surface area (Å²) in [5.41, 5.74) is 0.981. The van der Waals surface area contributed by atoms with E-state index in [0.717, 1.165) is 18.2 Å². The van der Waals surface area contributed by atoms with Gasteiger partial charge in [0.1, 0.15) is 12.2 Å². The van der Waals surface area contributed by atoms with Crippen LogP contribution in [0.3, 0.4) is 0 Å². The fraction of sp³-hybridized carbons (Fsp3) is 0.522. The van der Waals surface area contributed by atoms with Gasteiger partial charge in [0, 0.05) is 17.5 Å². The van der Waals surface area contributed by atoms with Crippen molar-refractivity contribution in [2.24, 2.45) is 0 Å². The average molecular weight is 402 g/mol. The maximum Gasteiger partial charge on any atom is 0.336 e. The van der Waals surface area contributed by atoms with Gasteiger partial charge in [-0.25, -0.2) is 4.79 Å². The smallest absolute Gasteiger partial charge is 0.336 e. The molecule has 1 saturated heterocycles. The minimum absolute atomic E-state index is 0.0465. The molecule has 1 aliphatic heterocycles. The van der Waals surface area contributed by atoms with Gasteiger partial charge in [-0.3, -0.25) is 0 Å². The lowest BCUT2D eigenvalue weighted by Gasteiger charge is -2.24. The largest absolute Gasteiger partial charge is 0.493 e. The first-order chi connectivity index (χ1) is 13.6. The number of allylic oxidation sites excluding steroid dienone is 1. The fourth-order valence-electron chi connectivity index (χ4n) is 3.70. The van der Waals surface area contributed by atoms with E-state index in [1.54, 1.807) is 25.3 Å². The van der Waals surface area contributed by atoms with Crippen LogP contribution < -0.4 is 15.1 Å². The SMILES string of the molecule is COc1cc2ccc(=O)oc2cc1OC/C=C(\C)CCC1OC(C)(C)OC1(C)C. The van der Waals surface area contributed by atoms with E-state index in [-0.39, 0.29) is 11.7 Å². The zero-order chi connectivity index (χ0) is 21.2. The molecule has 6 nitrogen and oxygen atoms in total. The van der Waals surface area contributed by atoms with Crippen molar-refractivity contribution in [1.82, 2.24) is 0 Å². The highest BCUT2D eigenvalue weighted by atomic mass is 16.8. The third-order valence-electron chi connectivity index (χ3n) is 5.09. The van der Waals surface area contributed by atoms with Gasteiger partial charge in [-0.2, -0.15) is 0 Å². The maximum absolute atomic E-state index is 11.5. The van der Waals surface area contributed by atoms with E-state index in [9.17, 15) is 4.79 Å². The van der Waals surface area contributed by atoms with Crippen molar-refractivity contribution in [2.75, 3.05) is 13.7 Å². The summed E-state index contributed by atoms with van der Waals surface area (Å²) >= 11 is 0. The first-order valence-corrected chi connectivity index (χ1v) is 9.88. The molecule has 0 bridgehead atoms. The van der Waals surface area contributed by atoms with Crippen molar-refractivity contribution >= 4 is 11.0 Å². The highest BCUT2D eigenvalue weighted by Gasteiger charge is 2.46. The molecule has 3 rings (SSSR count). The number of benzene rings is 1. The molecule has 2 heterocycles. The van der Waals surface area contributed by atoms with Crippen molar-refractivity contribution in [1.29, 1.82) is 0 Å². The molecule has 158 valence electrons. The number of ether oxygens (including phenoxy) is 4. The Morgan fingerprint density at radius 2 is 1.93 bits per heavy atom. The molecule has 0 N–H and O–H groups in total. The minimum Gasteiger partial charge on any atom is -0.493 e. The number of fused-ring (bicyclic) bond motifs is 1. The van der Waals surface area contributed by atoms with Gasteiger partial charge in [-0.15, -0.1) is 0 Å². The third kappa shape index (κ3) is 5.19. The molecule has 6 heteroatoms. The lowest BCUT2D eigenvalue weighted by atomic mass is 9.96. The lowest BCUT2D eigenvalue weighted by molar-refractivity contribution is -0.157. The summed E-state index contributed by atoms with van der Waals surface area (Å²) in [5, 5.41) is 0.782. The first-order valence-electron chi connectivity index (χ1n) is 9.88. The summed E-state index contributed by atoms with van der Waals surface area (Å²) in [6, 6.07) is 6.57. The Labute approximate surface area is 171 Å². The standard InChI is InChI=1S/C23H30O6/c1-15(7-9-20-22(2,3)29-23(4,5)28-20)11-12-26-19-14-17-16(13-18(19)25-6)8-10-21(24)27-17/h8,10-11,13-14,20H,7,9,12H2,1-6H3/b15-11+. The second-order valence-electron chi connectivity index (χ2n) is 8.41. The molecule has 1 aliphatic rings. The molecule has 1 unspecified atom stereocenters. The van der Waals surface area contributed by atoms with Crippen LogP contribution in [0.4, 0.5) is 0 Å². The molecule has 1 fully saturated rings. The van der Waals surface area contributed by atoms with E-state index < -0.39 is 11.4 Å². The van der Waals surface area contributed by atoms with Gasteiger partial charge in [0.05, 0.1) is 18.8 Å². The van der Waals surface area contributed by atoms with Crippen molar-refractivity contribution in [3.63, 3.8) is 0 Å². The van der Waals surface area contributed by atoms with Crippen molar-refractivity contribution < 1.29 is 23.4 Å². The zero-order valence-electron chi connectivity index (χ0n) is 18.0. The first kappa shape index (κ1) is 21.4. The Kier molecular flexibility index (Phi) is 6.05. The van der Waals surface area contributed by atoms with Gasteiger partial charge in [0.2, 0.25) is 0 Å². The molecular weight excluding hydrogens is 372 g/mol. The van der Waals surface area contributed by atoms with Crippen LogP contribution in [-0.4, -0.2) is 31.2 Å². The van der Waals surface area contributed by atoms with Crippen LogP contribution in [0.25, 0.3) is 11.0 Å². The van der Waals surface area contributed by atoms with E-state index in [2.05, 4.69) is 20.8 Å². The maximum atomic E-state index is 11.5. The quantitative estimate of drug-likeness (QED) is 0.488. The predicted octanol–water partition coefficient (Wildman–Crippen LogP) is 4.84. The normalized spacial score (nSPS) is 20.8. The van der Waals surface area contributed by atoms with Gasteiger partial charge >= 0.3 is 5.63 Å². The van der Waals surface area contributed by atoms with Gasteiger partial charge in [-0.1, -0.05) is 5.57 Å². The fourth-order valence-corrected chi connectivity index (χ4v) is 3.70. The predicted molar refractivity (Wildman–Crippen MR) is 112 cm³/mol. The topological polar surface area (TPSA) is 67.1 Å². The third-order valence-corrected chi connectivity index (χ3v) is 5.09. The minimum atomic E-state index is -0.545. The molecule has 0 radical (unpaired) electrons. The summed E-state index contributed by atoms with van der Waals surface area (Å²) in [7, 11) is 1.58. The monoisotopic (exact) mass is 402 g/mol. The van der Waals surface area contributed by atoms with E-state index >= 15 is 0 Å². The molecular formula is C23H30O6. The molecule has 0 spiro atoms. The molecule has 0 amide bonds. The average Bonchev–Trinajstić information content (AvgIpc) is 2.85. The van der Waals surface area contributed by atoms with E-state index in [1.807, 2.05) is 19.9 Å². The van der Waals surface area contributed by atoms with Crippen LogP contribution in [0.1, 0.15) is 47.5 Å². The molecule has 1 atom stereocenters. The molecule has 0 aliphatic carbocycles. The summed E-state index contributed by atoms with van der Waals surface area (Å²) in [6.45, 7) is 10.5. The van der Waals surface area contributed by atoms with Crippen molar-refractivity contribution in [3.8, 4) is 11.5 Å². The molecule has 2 aromatic rings.